The van der Waals surface area contributed by atoms with Crippen LogP contribution in [0.5, 0.6) is 5.75 Å². The van der Waals surface area contributed by atoms with Gasteiger partial charge in [-0.1, -0.05) is 23.7 Å². The highest BCUT2D eigenvalue weighted by molar-refractivity contribution is 6.33. The average molecular weight is 360 g/mol. The third-order valence-electron chi connectivity index (χ3n) is 4.46. The Bertz CT molecular complexity index is 721. The fraction of sp³-hybridized carbons (Fsp3) is 0.316. The molecule has 0 radical (unpaired) electrons. The maximum Gasteiger partial charge on any atom is 0.322 e. The molecule has 2 aromatic carbocycles. The molecule has 1 saturated heterocycles. The van der Waals surface area contributed by atoms with Crippen LogP contribution in [0.2, 0.25) is 5.02 Å². The summed E-state index contributed by atoms with van der Waals surface area (Å²) in [5.41, 5.74) is 2.78. The number of benzene rings is 2. The van der Waals surface area contributed by atoms with Gasteiger partial charge in [-0.3, -0.25) is 0 Å². The molecule has 2 aromatic rings. The molecule has 0 atom stereocenters. The molecule has 6 heteroatoms. The Labute approximate surface area is 153 Å². The van der Waals surface area contributed by atoms with Gasteiger partial charge in [0.05, 0.1) is 17.8 Å². The predicted molar refractivity (Wildman–Crippen MR) is 102 cm³/mol. The van der Waals surface area contributed by atoms with E-state index in [1.54, 1.807) is 13.2 Å². The van der Waals surface area contributed by atoms with E-state index in [0.29, 0.717) is 23.8 Å². The van der Waals surface area contributed by atoms with Crippen molar-refractivity contribution in [1.29, 1.82) is 0 Å². The Hall–Kier alpha value is -2.40. The van der Waals surface area contributed by atoms with Crippen LogP contribution in [-0.2, 0) is 0 Å². The molecule has 0 saturated carbocycles. The summed E-state index contributed by atoms with van der Waals surface area (Å²) >= 11 is 6.19. The van der Waals surface area contributed by atoms with Crippen LogP contribution in [0.1, 0.15) is 5.56 Å². The molecule has 3 rings (SSSR count). The quantitative estimate of drug-likeness (QED) is 0.900. The number of nitrogens with zero attached hydrogens (tertiary/aromatic N) is 2. The van der Waals surface area contributed by atoms with E-state index < -0.39 is 0 Å². The highest BCUT2D eigenvalue weighted by atomic mass is 35.5. The molecule has 0 bridgehead atoms. The minimum absolute atomic E-state index is 0.106. The number of ether oxygens (including phenoxy) is 1. The number of anilines is 2. The van der Waals surface area contributed by atoms with Crippen molar-refractivity contribution in [2.24, 2.45) is 0 Å². The highest BCUT2D eigenvalue weighted by Gasteiger charge is 2.22. The summed E-state index contributed by atoms with van der Waals surface area (Å²) < 4.78 is 5.19. The van der Waals surface area contributed by atoms with E-state index in [-0.39, 0.29) is 6.03 Å². The van der Waals surface area contributed by atoms with Gasteiger partial charge in [-0.05, 0) is 42.8 Å². The molecule has 0 unspecified atom stereocenters. The fourth-order valence-electron chi connectivity index (χ4n) is 2.94. The van der Waals surface area contributed by atoms with Gasteiger partial charge in [-0.25, -0.2) is 4.79 Å². The van der Waals surface area contributed by atoms with Crippen LogP contribution < -0.4 is 15.0 Å². The zero-order valence-electron chi connectivity index (χ0n) is 14.5. The second-order valence-corrected chi connectivity index (χ2v) is 6.44. The van der Waals surface area contributed by atoms with E-state index in [1.165, 1.54) is 0 Å². The van der Waals surface area contributed by atoms with Crippen LogP contribution >= 0.6 is 11.6 Å². The molecule has 5 nitrogen and oxygen atoms in total. The van der Waals surface area contributed by atoms with Crippen LogP contribution in [0.15, 0.2) is 42.5 Å². The van der Waals surface area contributed by atoms with Gasteiger partial charge in [0.1, 0.15) is 5.75 Å². The second-order valence-electron chi connectivity index (χ2n) is 6.03. The van der Waals surface area contributed by atoms with Crippen LogP contribution in [0.25, 0.3) is 0 Å². The average Bonchev–Trinajstić information content (AvgIpc) is 2.65. The molecule has 1 heterocycles. The summed E-state index contributed by atoms with van der Waals surface area (Å²) in [6.45, 7) is 4.86. The number of carbonyl (C=O) groups excluding carboxylic acids is 1. The van der Waals surface area contributed by atoms with E-state index in [2.05, 4.69) is 10.2 Å². The molecule has 1 aliphatic heterocycles. The van der Waals surface area contributed by atoms with Crippen molar-refractivity contribution in [3.05, 3.63) is 53.1 Å². The Morgan fingerprint density at radius 1 is 1.08 bits per heavy atom. The van der Waals surface area contributed by atoms with Gasteiger partial charge in [0.15, 0.2) is 0 Å². The molecule has 2 amide bonds. The Morgan fingerprint density at radius 2 is 1.76 bits per heavy atom. The lowest BCUT2D eigenvalue weighted by Crippen LogP contribution is -2.50. The van der Waals surface area contributed by atoms with E-state index in [1.807, 2.05) is 48.2 Å². The second kappa shape index (κ2) is 7.66. The zero-order valence-corrected chi connectivity index (χ0v) is 15.2. The van der Waals surface area contributed by atoms with Crippen molar-refractivity contribution >= 4 is 29.0 Å². The van der Waals surface area contributed by atoms with Crippen molar-refractivity contribution in [3.63, 3.8) is 0 Å². The Morgan fingerprint density at radius 3 is 2.36 bits per heavy atom. The number of carbonyl (C=O) groups is 1. The summed E-state index contributed by atoms with van der Waals surface area (Å²) in [7, 11) is 1.66. The third kappa shape index (κ3) is 3.99. The lowest BCUT2D eigenvalue weighted by atomic mass is 10.2. The Balaban J connectivity index is 1.59. The molecule has 0 aliphatic carbocycles. The van der Waals surface area contributed by atoms with Gasteiger partial charge < -0.3 is 19.9 Å². The molecule has 25 heavy (non-hydrogen) atoms. The van der Waals surface area contributed by atoms with Crippen LogP contribution in [0.3, 0.4) is 0 Å². The number of aryl methyl sites for hydroxylation is 1. The third-order valence-corrected chi connectivity index (χ3v) is 4.77. The molecule has 1 aliphatic rings. The minimum Gasteiger partial charge on any atom is -0.497 e. The number of methoxy groups -OCH3 is 1. The number of halogens is 1. The first-order chi connectivity index (χ1) is 12.1. The lowest BCUT2D eigenvalue weighted by Gasteiger charge is -2.36. The normalized spacial score (nSPS) is 14.4. The largest absolute Gasteiger partial charge is 0.497 e. The first-order valence-electron chi connectivity index (χ1n) is 8.28. The van der Waals surface area contributed by atoms with Crippen LogP contribution in [0, 0.1) is 6.92 Å². The van der Waals surface area contributed by atoms with Crippen molar-refractivity contribution in [1.82, 2.24) is 4.90 Å². The number of nitrogens with one attached hydrogen (secondary N) is 1. The van der Waals surface area contributed by atoms with Gasteiger partial charge in [0, 0.05) is 31.9 Å². The van der Waals surface area contributed by atoms with Crippen molar-refractivity contribution in [3.8, 4) is 5.75 Å². The highest BCUT2D eigenvalue weighted by Crippen LogP contribution is 2.26. The van der Waals surface area contributed by atoms with Gasteiger partial charge in [0.2, 0.25) is 0 Å². The summed E-state index contributed by atoms with van der Waals surface area (Å²) in [6, 6.07) is 13.5. The zero-order chi connectivity index (χ0) is 17.8. The first-order valence-corrected chi connectivity index (χ1v) is 8.66. The molecule has 0 spiro atoms. The SMILES string of the molecule is COc1ccc(N2CCN(C(=O)Nc3c(C)cccc3Cl)CC2)cc1. The number of para-hydroxylation sites is 1. The minimum atomic E-state index is -0.106. The molecule has 1 fully saturated rings. The van der Waals surface area contributed by atoms with Crippen molar-refractivity contribution in [2.45, 2.75) is 6.92 Å². The van der Waals surface area contributed by atoms with E-state index in [9.17, 15) is 4.79 Å². The smallest absolute Gasteiger partial charge is 0.322 e. The summed E-state index contributed by atoms with van der Waals surface area (Å²) in [5, 5.41) is 3.50. The molecule has 132 valence electrons. The standard InChI is InChI=1S/C19H22ClN3O2/c1-14-4-3-5-17(20)18(14)21-19(24)23-12-10-22(11-13-23)15-6-8-16(25-2)9-7-15/h3-9H,10-13H2,1-2H3,(H,21,24). The number of amides is 2. The topological polar surface area (TPSA) is 44.8 Å². The van der Waals surface area contributed by atoms with E-state index in [4.69, 9.17) is 16.3 Å². The van der Waals surface area contributed by atoms with Gasteiger partial charge in [0.25, 0.3) is 0 Å². The fourth-order valence-corrected chi connectivity index (χ4v) is 3.21. The molecule has 1 N–H and O–H groups in total. The number of urea groups is 1. The number of hydrogen-bond acceptors (Lipinski definition) is 3. The van der Waals surface area contributed by atoms with Crippen molar-refractivity contribution < 1.29 is 9.53 Å². The van der Waals surface area contributed by atoms with Gasteiger partial charge >= 0.3 is 6.03 Å². The maximum absolute atomic E-state index is 12.5. The molecular weight excluding hydrogens is 338 g/mol. The first kappa shape index (κ1) is 17.4. The number of hydrogen-bond donors (Lipinski definition) is 1. The predicted octanol–water partition coefficient (Wildman–Crippen LogP) is 4.01. The number of piperazine rings is 1. The van der Waals surface area contributed by atoms with E-state index >= 15 is 0 Å². The lowest BCUT2D eigenvalue weighted by molar-refractivity contribution is 0.208. The molecular formula is C19H22ClN3O2. The number of rotatable bonds is 3. The van der Waals surface area contributed by atoms with Gasteiger partial charge in [-0.2, -0.15) is 0 Å². The van der Waals surface area contributed by atoms with Crippen LogP contribution in [-0.4, -0.2) is 44.2 Å². The molecule has 0 aromatic heterocycles. The maximum atomic E-state index is 12.5. The van der Waals surface area contributed by atoms with Gasteiger partial charge in [-0.15, -0.1) is 0 Å². The summed E-state index contributed by atoms with van der Waals surface area (Å²) in [6.07, 6.45) is 0. The van der Waals surface area contributed by atoms with Crippen LogP contribution in [0.4, 0.5) is 16.2 Å². The van der Waals surface area contributed by atoms with Crippen molar-refractivity contribution in [2.75, 3.05) is 43.5 Å². The summed E-state index contributed by atoms with van der Waals surface area (Å²) in [4.78, 5) is 16.6. The van der Waals surface area contributed by atoms with E-state index in [0.717, 1.165) is 30.1 Å². The Kier molecular flexibility index (Phi) is 5.34. The summed E-state index contributed by atoms with van der Waals surface area (Å²) in [5.74, 6) is 0.844. The monoisotopic (exact) mass is 359 g/mol.